The Morgan fingerprint density at radius 1 is 1.13 bits per heavy atom. The zero-order valence-electron chi connectivity index (χ0n) is 25.9. The van der Waals surface area contributed by atoms with E-state index in [1.165, 1.54) is 11.6 Å². The number of benzene rings is 2. The van der Waals surface area contributed by atoms with Crippen LogP contribution in [0.15, 0.2) is 48.7 Å². The van der Waals surface area contributed by atoms with Crippen molar-refractivity contribution in [1.29, 1.82) is 0 Å². The maximum absolute atomic E-state index is 14.7. The number of nitrogens with zero attached hydrogens (tertiary/aromatic N) is 5. The van der Waals surface area contributed by atoms with Gasteiger partial charge in [-0.1, -0.05) is 42.2 Å². The summed E-state index contributed by atoms with van der Waals surface area (Å²) in [6.07, 6.45) is 5.40. The number of aryl methyl sites for hydroxylation is 1. The predicted molar refractivity (Wildman–Crippen MR) is 182 cm³/mol. The van der Waals surface area contributed by atoms with E-state index in [0.717, 1.165) is 81.3 Å². The van der Waals surface area contributed by atoms with Crippen molar-refractivity contribution < 1.29 is 9.13 Å². The lowest BCUT2D eigenvalue weighted by Crippen LogP contribution is -2.37. The fourth-order valence-corrected chi connectivity index (χ4v) is 7.13. The summed E-state index contributed by atoms with van der Waals surface area (Å²) in [5.41, 5.74) is 3.54. The van der Waals surface area contributed by atoms with Crippen molar-refractivity contribution in [3.05, 3.63) is 76.0 Å². The topological polar surface area (TPSA) is 88.1 Å². The highest BCUT2D eigenvalue weighted by Gasteiger charge is 2.26. The SMILES string of the molecule is CCNC(C)(C)C#Cc1ccc(OCCCc2cnc(N3CCCc4c3nnc(Nc3nc5ccccc5s3)c4C)s2)c(F)c1. The van der Waals surface area contributed by atoms with Crippen LogP contribution in [0.2, 0.25) is 0 Å². The Hall–Kier alpha value is -4.11. The van der Waals surface area contributed by atoms with Crippen LogP contribution < -0.4 is 20.3 Å². The normalized spacial score (nSPS) is 13.0. The van der Waals surface area contributed by atoms with E-state index in [1.54, 1.807) is 34.8 Å². The highest BCUT2D eigenvalue weighted by molar-refractivity contribution is 7.22. The Balaban J connectivity index is 1.05. The largest absolute Gasteiger partial charge is 0.491 e. The summed E-state index contributed by atoms with van der Waals surface area (Å²) in [5, 5.41) is 17.6. The molecule has 11 heteroatoms. The van der Waals surface area contributed by atoms with Crippen molar-refractivity contribution in [2.75, 3.05) is 29.9 Å². The van der Waals surface area contributed by atoms with Gasteiger partial charge < -0.3 is 20.3 Å². The number of rotatable bonds is 10. The smallest absolute Gasteiger partial charge is 0.191 e. The van der Waals surface area contributed by atoms with Gasteiger partial charge in [0.25, 0.3) is 0 Å². The van der Waals surface area contributed by atoms with Crippen molar-refractivity contribution in [3.63, 3.8) is 0 Å². The molecule has 4 heterocycles. The standard InChI is InChI=1S/C34H36FN7OS2/c1-5-37-34(3,4)17-16-23-14-15-28(26(35)20-23)43-19-9-10-24-21-36-33(44-24)42-18-8-11-25-22(2)30(40-41-31(25)42)39-32-38-27-12-6-7-13-29(27)45-32/h6-7,12-15,20-21,37H,5,8-11,18-19H2,1-4H3,(H,38,39,40). The van der Waals surface area contributed by atoms with E-state index in [9.17, 15) is 4.39 Å². The molecule has 0 radical (unpaired) electrons. The van der Waals surface area contributed by atoms with E-state index in [-0.39, 0.29) is 11.3 Å². The van der Waals surface area contributed by atoms with Gasteiger partial charge in [0.1, 0.15) is 0 Å². The highest BCUT2D eigenvalue weighted by atomic mass is 32.1. The van der Waals surface area contributed by atoms with E-state index in [2.05, 4.69) is 55.5 Å². The fourth-order valence-electron chi connectivity index (χ4n) is 5.29. The van der Waals surface area contributed by atoms with Gasteiger partial charge in [0.2, 0.25) is 0 Å². The Labute approximate surface area is 271 Å². The molecule has 3 aromatic heterocycles. The molecule has 8 nitrogen and oxygen atoms in total. The first-order chi connectivity index (χ1) is 21.8. The monoisotopic (exact) mass is 641 g/mol. The van der Waals surface area contributed by atoms with Crippen molar-refractivity contribution in [2.24, 2.45) is 0 Å². The van der Waals surface area contributed by atoms with Gasteiger partial charge in [-0.25, -0.2) is 14.4 Å². The van der Waals surface area contributed by atoms with E-state index in [1.807, 2.05) is 45.2 Å². The number of thiazole rings is 2. The van der Waals surface area contributed by atoms with Crippen LogP contribution in [0.3, 0.4) is 0 Å². The Morgan fingerprint density at radius 2 is 2.00 bits per heavy atom. The lowest BCUT2D eigenvalue weighted by Gasteiger charge is -2.28. The number of hydrogen-bond acceptors (Lipinski definition) is 10. The van der Waals surface area contributed by atoms with E-state index in [4.69, 9.17) is 9.72 Å². The molecule has 0 spiro atoms. The van der Waals surface area contributed by atoms with Crippen LogP contribution >= 0.6 is 22.7 Å². The number of ether oxygens (including phenoxy) is 1. The van der Waals surface area contributed by atoms with Gasteiger partial charge in [-0.2, -0.15) is 0 Å². The molecule has 2 N–H and O–H groups in total. The molecule has 1 aliphatic rings. The van der Waals surface area contributed by atoms with Gasteiger partial charge in [-0.3, -0.25) is 0 Å². The molecule has 1 aliphatic heterocycles. The van der Waals surface area contributed by atoms with Crippen LogP contribution in [-0.4, -0.2) is 45.4 Å². The van der Waals surface area contributed by atoms with Crippen LogP contribution in [0, 0.1) is 24.6 Å². The molecular weight excluding hydrogens is 606 g/mol. The van der Waals surface area contributed by atoms with E-state index in [0.29, 0.717) is 12.2 Å². The zero-order chi connectivity index (χ0) is 31.4. The quantitative estimate of drug-likeness (QED) is 0.119. The third kappa shape index (κ3) is 7.25. The minimum Gasteiger partial charge on any atom is -0.491 e. The summed E-state index contributed by atoms with van der Waals surface area (Å²) in [6.45, 7) is 10.2. The molecule has 5 aromatic rings. The number of fused-ring (bicyclic) bond motifs is 2. The second-order valence-electron chi connectivity index (χ2n) is 11.5. The average Bonchev–Trinajstić information content (AvgIpc) is 3.67. The summed E-state index contributed by atoms with van der Waals surface area (Å²) in [7, 11) is 0. The molecule has 0 saturated heterocycles. The lowest BCUT2D eigenvalue weighted by molar-refractivity contribution is 0.296. The average molecular weight is 642 g/mol. The number of halogens is 1. The summed E-state index contributed by atoms with van der Waals surface area (Å²) in [5.74, 6) is 7.65. The minimum absolute atomic E-state index is 0.243. The van der Waals surface area contributed by atoms with Crippen molar-refractivity contribution in [1.82, 2.24) is 25.5 Å². The summed E-state index contributed by atoms with van der Waals surface area (Å²) in [6, 6.07) is 13.0. The molecular formula is C34H36FN7OS2. The van der Waals surface area contributed by atoms with Crippen LogP contribution in [0.4, 0.5) is 26.3 Å². The van der Waals surface area contributed by atoms with E-state index >= 15 is 0 Å². The lowest BCUT2D eigenvalue weighted by atomic mass is 10.0. The molecule has 0 unspecified atom stereocenters. The van der Waals surface area contributed by atoms with E-state index < -0.39 is 5.82 Å². The van der Waals surface area contributed by atoms with Crippen LogP contribution in [0.25, 0.3) is 10.2 Å². The first kappa shape index (κ1) is 30.9. The van der Waals surface area contributed by atoms with Gasteiger partial charge in [-0.15, -0.1) is 21.5 Å². The van der Waals surface area contributed by atoms with Crippen molar-refractivity contribution >= 4 is 54.8 Å². The first-order valence-corrected chi connectivity index (χ1v) is 16.8. The van der Waals surface area contributed by atoms with Crippen LogP contribution in [0.1, 0.15) is 55.2 Å². The van der Waals surface area contributed by atoms with Gasteiger partial charge in [0.15, 0.2) is 33.5 Å². The second kappa shape index (κ2) is 13.5. The third-order valence-corrected chi connectivity index (χ3v) is 9.61. The summed E-state index contributed by atoms with van der Waals surface area (Å²) < 4.78 is 21.6. The van der Waals surface area contributed by atoms with Crippen molar-refractivity contribution in [2.45, 2.75) is 58.9 Å². The Bertz CT molecular complexity index is 1840. The number of nitrogens with one attached hydrogen (secondary N) is 2. The molecule has 0 atom stereocenters. The van der Waals surface area contributed by atoms with Gasteiger partial charge in [-0.05, 0) is 83.3 Å². The van der Waals surface area contributed by atoms with Gasteiger partial charge in [0, 0.05) is 34.3 Å². The molecule has 0 saturated carbocycles. The predicted octanol–water partition coefficient (Wildman–Crippen LogP) is 7.57. The van der Waals surface area contributed by atoms with Crippen LogP contribution in [-0.2, 0) is 12.8 Å². The third-order valence-electron chi connectivity index (χ3n) is 7.57. The highest BCUT2D eigenvalue weighted by Crippen LogP contribution is 2.38. The van der Waals surface area contributed by atoms with Gasteiger partial charge >= 0.3 is 0 Å². The second-order valence-corrected chi connectivity index (χ2v) is 13.6. The molecule has 0 amide bonds. The van der Waals surface area contributed by atoms with Gasteiger partial charge in [0.05, 0.1) is 22.4 Å². The van der Waals surface area contributed by atoms with Crippen LogP contribution in [0.5, 0.6) is 5.75 Å². The maximum Gasteiger partial charge on any atom is 0.191 e. The molecule has 2 aromatic carbocycles. The number of aromatic nitrogens is 4. The molecule has 0 aliphatic carbocycles. The fraction of sp³-hybridized carbons (Fsp3) is 0.353. The minimum atomic E-state index is -0.401. The maximum atomic E-state index is 14.7. The summed E-state index contributed by atoms with van der Waals surface area (Å²) >= 11 is 3.26. The molecule has 45 heavy (non-hydrogen) atoms. The number of para-hydroxylation sites is 1. The number of hydrogen-bond donors (Lipinski definition) is 2. The first-order valence-electron chi connectivity index (χ1n) is 15.2. The molecule has 6 rings (SSSR count). The number of anilines is 4. The Morgan fingerprint density at radius 3 is 2.82 bits per heavy atom. The molecule has 0 bridgehead atoms. The molecule has 232 valence electrons. The Kier molecular flexibility index (Phi) is 9.26. The summed E-state index contributed by atoms with van der Waals surface area (Å²) in [4.78, 5) is 12.7. The van der Waals surface area contributed by atoms with Crippen molar-refractivity contribution in [3.8, 4) is 17.6 Å². The molecule has 0 fully saturated rings. The zero-order valence-corrected chi connectivity index (χ0v) is 27.5.